The molecule has 0 bridgehead atoms. The van der Waals surface area contributed by atoms with E-state index in [4.69, 9.17) is 11.6 Å². The molecule has 1 aliphatic rings. The Morgan fingerprint density at radius 1 is 1.28 bits per heavy atom. The van der Waals surface area contributed by atoms with Crippen molar-refractivity contribution in [1.82, 2.24) is 9.55 Å². The normalized spacial score (nSPS) is 16.6. The van der Waals surface area contributed by atoms with Gasteiger partial charge >= 0.3 is 0 Å². The highest BCUT2D eigenvalue weighted by Gasteiger charge is 2.30. The number of Topliss-reactive ketones (excluding diaryl/α,β-unsaturated/α-hetero) is 1. The van der Waals surface area contributed by atoms with Gasteiger partial charge in [-0.2, -0.15) is 0 Å². The van der Waals surface area contributed by atoms with Crippen molar-refractivity contribution in [1.29, 1.82) is 0 Å². The summed E-state index contributed by atoms with van der Waals surface area (Å²) in [7, 11) is 0. The van der Waals surface area contributed by atoms with E-state index < -0.39 is 23.1 Å². The Balaban J connectivity index is 2.05. The molecule has 1 fully saturated rings. The SMILES string of the molecule is CC(=O)c1cn(-c2c(F)cccc2Cl)c2nc(N3C[C@@H](O)CC3=O)ccc2c1=O. The molecule has 29 heavy (non-hydrogen) atoms. The lowest BCUT2D eigenvalue weighted by Crippen LogP contribution is -2.27. The third-order valence-corrected chi connectivity index (χ3v) is 5.08. The summed E-state index contributed by atoms with van der Waals surface area (Å²) in [4.78, 5) is 42.5. The molecule has 1 amide bonds. The Morgan fingerprint density at radius 3 is 2.66 bits per heavy atom. The van der Waals surface area contributed by atoms with Gasteiger partial charge in [0.2, 0.25) is 11.3 Å². The van der Waals surface area contributed by atoms with Crippen LogP contribution >= 0.6 is 11.6 Å². The number of anilines is 1. The zero-order valence-electron chi connectivity index (χ0n) is 15.2. The molecule has 9 heteroatoms. The van der Waals surface area contributed by atoms with Gasteiger partial charge in [-0.25, -0.2) is 9.37 Å². The van der Waals surface area contributed by atoms with Crippen LogP contribution in [0.15, 0.2) is 41.3 Å². The fourth-order valence-electron chi connectivity index (χ4n) is 3.39. The number of carbonyl (C=O) groups is 2. The van der Waals surface area contributed by atoms with Crippen LogP contribution in [-0.4, -0.2) is 39.0 Å². The van der Waals surface area contributed by atoms with Gasteiger partial charge < -0.3 is 5.11 Å². The summed E-state index contributed by atoms with van der Waals surface area (Å²) in [5, 5.41) is 9.88. The molecule has 1 saturated heterocycles. The molecule has 3 aromatic rings. The predicted molar refractivity (Wildman–Crippen MR) is 105 cm³/mol. The number of benzene rings is 1. The van der Waals surface area contributed by atoms with Crippen LogP contribution in [0.25, 0.3) is 16.7 Å². The van der Waals surface area contributed by atoms with Gasteiger partial charge in [-0.15, -0.1) is 0 Å². The summed E-state index contributed by atoms with van der Waals surface area (Å²) in [6.07, 6.45) is 0.354. The number of nitrogens with zero attached hydrogens (tertiary/aromatic N) is 3. The Morgan fingerprint density at radius 2 is 2.03 bits per heavy atom. The number of para-hydroxylation sites is 1. The largest absolute Gasteiger partial charge is 0.391 e. The van der Waals surface area contributed by atoms with Gasteiger partial charge in [0.15, 0.2) is 11.4 Å². The molecule has 1 aromatic carbocycles. The number of fused-ring (bicyclic) bond motifs is 1. The van der Waals surface area contributed by atoms with Crippen LogP contribution in [0.1, 0.15) is 23.7 Å². The van der Waals surface area contributed by atoms with Crippen molar-refractivity contribution in [3.8, 4) is 5.69 Å². The predicted octanol–water partition coefficient (Wildman–Crippen LogP) is 2.48. The van der Waals surface area contributed by atoms with E-state index in [2.05, 4.69) is 4.98 Å². The van der Waals surface area contributed by atoms with Gasteiger partial charge in [0.05, 0.1) is 35.0 Å². The maximum Gasteiger partial charge on any atom is 0.230 e. The fourth-order valence-corrected chi connectivity index (χ4v) is 3.65. The van der Waals surface area contributed by atoms with Crippen molar-refractivity contribution in [3.05, 3.63) is 63.2 Å². The molecule has 148 valence electrons. The molecule has 0 radical (unpaired) electrons. The van der Waals surface area contributed by atoms with Gasteiger partial charge in [0.1, 0.15) is 17.3 Å². The number of aliphatic hydroxyl groups excluding tert-OH is 1. The molecule has 0 saturated carbocycles. The van der Waals surface area contributed by atoms with E-state index in [0.29, 0.717) is 0 Å². The topological polar surface area (TPSA) is 92.5 Å². The van der Waals surface area contributed by atoms with Crippen molar-refractivity contribution in [3.63, 3.8) is 0 Å². The van der Waals surface area contributed by atoms with Crippen LogP contribution in [0.3, 0.4) is 0 Å². The Labute approximate surface area is 169 Å². The number of halogens is 2. The molecule has 0 unspecified atom stereocenters. The van der Waals surface area contributed by atoms with E-state index in [1.807, 2.05) is 0 Å². The first-order chi connectivity index (χ1) is 13.8. The summed E-state index contributed by atoms with van der Waals surface area (Å²) in [6.45, 7) is 1.30. The van der Waals surface area contributed by atoms with Crippen LogP contribution in [0.4, 0.5) is 10.2 Å². The monoisotopic (exact) mass is 415 g/mol. The first-order valence-corrected chi connectivity index (χ1v) is 9.16. The van der Waals surface area contributed by atoms with Gasteiger partial charge in [-0.1, -0.05) is 17.7 Å². The number of aromatic nitrogens is 2. The second-order valence-electron chi connectivity index (χ2n) is 6.77. The molecule has 4 rings (SSSR count). The van der Waals surface area contributed by atoms with Gasteiger partial charge in [0.25, 0.3) is 0 Å². The van der Waals surface area contributed by atoms with Crippen molar-refractivity contribution in [2.45, 2.75) is 19.4 Å². The standard InChI is InChI=1S/C20H15ClFN3O4/c1-10(26)13-9-25(18-14(21)3-2-4-15(18)22)20-12(19(13)29)5-6-16(23-20)24-8-11(27)7-17(24)28/h2-6,9,11,27H,7-8H2,1H3/t11-/m0/s1. The maximum atomic E-state index is 14.6. The van der Waals surface area contributed by atoms with Crippen molar-refractivity contribution in [2.75, 3.05) is 11.4 Å². The number of β-amino-alcohol motifs (C(OH)–C–C–N with tert-alkyl or cyclic N) is 1. The number of amides is 1. The van der Waals surface area contributed by atoms with E-state index in [9.17, 15) is 23.9 Å². The van der Waals surface area contributed by atoms with Crippen molar-refractivity contribution < 1.29 is 19.1 Å². The molecule has 2 aromatic heterocycles. The lowest BCUT2D eigenvalue weighted by Gasteiger charge is -2.18. The van der Waals surface area contributed by atoms with Crippen LogP contribution in [-0.2, 0) is 4.79 Å². The van der Waals surface area contributed by atoms with E-state index in [1.165, 1.54) is 52.9 Å². The molecular formula is C20H15ClFN3O4. The first-order valence-electron chi connectivity index (χ1n) is 8.78. The average Bonchev–Trinajstić information content (AvgIpc) is 3.00. The van der Waals surface area contributed by atoms with E-state index >= 15 is 0 Å². The summed E-state index contributed by atoms with van der Waals surface area (Å²) in [6, 6.07) is 6.98. The summed E-state index contributed by atoms with van der Waals surface area (Å²) in [5.41, 5.74) is -0.722. The molecule has 1 aliphatic heterocycles. The third kappa shape index (κ3) is 3.20. The average molecular weight is 416 g/mol. The van der Waals surface area contributed by atoms with Crippen molar-refractivity contribution in [2.24, 2.45) is 0 Å². The number of aliphatic hydroxyl groups is 1. The lowest BCUT2D eigenvalue weighted by atomic mass is 10.1. The molecule has 0 spiro atoms. The molecule has 3 heterocycles. The Kier molecular flexibility index (Phi) is 4.68. The number of rotatable bonds is 3. The number of hydrogen-bond acceptors (Lipinski definition) is 5. The van der Waals surface area contributed by atoms with Gasteiger partial charge in [0, 0.05) is 6.20 Å². The van der Waals surface area contributed by atoms with Crippen molar-refractivity contribution >= 4 is 40.1 Å². The quantitative estimate of drug-likeness (QED) is 0.663. The van der Waals surface area contributed by atoms with E-state index in [-0.39, 0.29) is 52.0 Å². The second-order valence-corrected chi connectivity index (χ2v) is 7.18. The van der Waals surface area contributed by atoms with Gasteiger partial charge in [-0.05, 0) is 31.2 Å². The third-order valence-electron chi connectivity index (χ3n) is 4.77. The Hall–Kier alpha value is -3.10. The zero-order valence-corrected chi connectivity index (χ0v) is 16.0. The minimum Gasteiger partial charge on any atom is -0.391 e. The van der Waals surface area contributed by atoms with Crippen LogP contribution in [0.5, 0.6) is 0 Å². The highest BCUT2D eigenvalue weighted by Crippen LogP contribution is 2.28. The Bertz CT molecular complexity index is 1220. The molecular weight excluding hydrogens is 401 g/mol. The molecule has 1 atom stereocenters. The highest BCUT2D eigenvalue weighted by molar-refractivity contribution is 6.32. The number of ketones is 1. The minimum absolute atomic E-state index is 0.0328. The van der Waals surface area contributed by atoms with E-state index in [0.717, 1.165) is 0 Å². The number of carbonyl (C=O) groups excluding carboxylic acids is 2. The molecule has 0 aliphatic carbocycles. The number of pyridine rings is 2. The fraction of sp³-hybridized carbons (Fsp3) is 0.200. The summed E-state index contributed by atoms with van der Waals surface area (Å²) in [5.74, 6) is -1.27. The smallest absolute Gasteiger partial charge is 0.230 e. The van der Waals surface area contributed by atoms with Gasteiger partial charge in [-0.3, -0.25) is 23.9 Å². The molecule has 1 N–H and O–H groups in total. The summed E-state index contributed by atoms with van der Waals surface area (Å²) < 4.78 is 15.9. The van der Waals surface area contributed by atoms with E-state index in [1.54, 1.807) is 0 Å². The maximum absolute atomic E-state index is 14.6. The van der Waals surface area contributed by atoms with Crippen LogP contribution in [0, 0.1) is 5.82 Å². The van der Waals surface area contributed by atoms with Crippen LogP contribution in [0.2, 0.25) is 5.02 Å². The summed E-state index contributed by atoms with van der Waals surface area (Å²) >= 11 is 6.20. The number of hydrogen-bond donors (Lipinski definition) is 1. The zero-order chi connectivity index (χ0) is 20.9. The second kappa shape index (κ2) is 7.06. The molecule has 7 nitrogen and oxygen atoms in total. The highest BCUT2D eigenvalue weighted by atomic mass is 35.5. The minimum atomic E-state index is -0.816. The van der Waals surface area contributed by atoms with Crippen LogP contribution < -0.4 is 10.3 Å². The first kappa shape index (κ1) is 19.2. The lowest BCUT2D eigenvalue weighted by molar-refractivity contribution is -0.117.